The lowest BCUT2D eigenvalue weighted by molar-refractivity contribution is 0.200. The van der Waals surface area contributed by atoms with Crippen molar-refractivity contribution in [2.45, 2.75) is 46.3 Å². The van der Waals surface area contributed by atoms with Crippen molar-refractivity contribution in [3.8, 4) is 0 Å². The van der Waals surface area contributed by atoms with E-state index in [0.29, 0.717) is 11.5 Å². The predicted octanol–water partition coefficient (Wildman–Crippen LogP) is 4.76. The zero-order valence-electron chi connectivity index (χ0n) is 14.2. The van der Waals surface area contributed by atoms with Crippen LogP contribution in [0.2, 0.25) is 0 Å². The van der Waals surface area contributed by atoms with Crippen LogP contribution in [-0.4, -0.2) is 18.0 Å². The Morgan fingerprint density at radius 1 is 1.27 bits per heavy atom. The van der Waals surface area contributed by atoms with Gasteiger partial charge in [-0.05, 0) is 30.9 Å². The highest BCUT2D eigenvalue weighted by molar-refractivity contribution is 5.89. The van der Waals surface area contributed by atoms with Gasteiger partial charge >= 0.3 is 0 Å². The summed E-state index contributed by atoms with van der Waals surface area (Å²) in [5.74, 6) is 1.02. The van der Waals surface area contributed by atoms with Crippen LogP contribution in [0, 0.1) is 5.41 Å². The Balaban J connectivity index is 1.91. The molecule has 3 rings (SSSR count). The quantitative estimate of drug-likeness (QED) is 0.885. The molecule has 0 amide bonds. The van der Waals surface area contributed by atoms with Crippen LogP contribution >= 0.6 is 0 Å². The van der Waals surface area contributed by atoms with E-state index in [9.17, 15) is 0 Å². The molecule has 1 aromatic heterocycles. The molecule has 0 saturated carbocycles. The van der Waals surface area contributed by atoms with Gasteiger partial charge in [0.15, 0.2) is 0 Å². The van der Waals surface area contributed by atoms with Crippen molar-refractivity contribution in [2.24, 2.45) is 5.41 Å². The van der Waals surface area contributed by atoms with Crippen LogP contribution in [0.5, 0.6) is 0 Å². The van der Waals surface area contributed by atoms with Gasteiger partial charge in [0.05, 0.1) is 0 Å². The molecule has 2 heterocycles. The minimum atomic E-state index is 0.0877. The molecular weight excluding hydrogens is 272 g/mol. The van der Waals surface area contributed by atoms with Gasteiger partial charge in [-0.2, -0.15) is 0 Å². The maximum Gasteiger partial charge on any atom is 0.149 e. The van der Waals surface area contributed by atoms with Crippen molar-refractivity contribution in [1.82, 2.24) is 10.2 Å². The Morgan fingerprint density at radius 2 is 2.00 bits per heavy atom. The molecule has 1 N–H and O–H groups in total. The number of nitrogens with zero attached hydrogens (tertiary/aromatic N) is 1. The van der Waals surface area contributed by atoms with Crippen LogP contribution in [0.15, 0.2) is 34.9 Å². The first-order chi connectivity index (χ1) is 10.3. The van der Waals surface area contributed by atoms with E-state index in [1.54, 1.807) is 0 Å². The molecule has 1 aromatic carbocycles. The molecule has 3 nitrogen and oxygen atoms in total. The highest BCUT2D eigenvalue weighted by atomic mass is 16.3. The van der Waals surface area contributed by atoms with E-state index in [1.807, 2.05) is 12.1 Å². The summed E-state index contributed by atoms with van der Waals surface area (Å²) in [6.07, 6.45) is 5.49. The van der Waals surface area contributed by atoms with E-state index >= 15 is 0 Å². The third-order valence-electron chi connectivity index (χ3n) is 4.16. The van der Waals surface area contributed by atoms with Gasteiger partial charge in [-0.15, -0.1) is 0 Å². The van der Waals surface area contributed by atoms with Gasteiger partial charge in [0.2, 0.25) is 0 Å². The summed E-state index contributed by atoms with van der Waals surface area (Å²) in [5.41, 5.74) is 2.48. The van der Waals surface area contributed by atoms with E-state index in [-0.39, 0.29) is 6.17 Å². The molecule has 1 unspecified atom stereocenters. The average molecular weight is 298 g/mol. The van der Waals surface area contributed by atoms with E-state index in [4.69, 9.17) is 4.42 Å². The highest BCUT2D eigenvalue weighted by Gasteiger charge is 2.28. The molecule has 3 heteroatoms. The molecule has 22 heavy (non-hydrogen) atoms. The first kappa shape index (κ1) is 15.2. The molecular formula is C19H26N2O. The predicted molar refractivity (Wildman–Crippen MR) is 92.4 cm³/mol. The fourth-order valence-electron chi connectivity index (χ4n) is 3.36. The number of hydrogen-bond donors (Lipinski definition) is 1. The molecule has 0 spiro atoms. The Labute approximate surface area is 133 Å². The number of rotatable bonds is 3. The molecule has 0 fully saturated rings. The maximum absolute atomic E-state index is 6.15. The van der Waals surface area contributed by atoms with Crippen LogP contribution in [0.4, 0.5) is 0 Å². The Kier molecular flexibility index (Phi) is 3.77. The molecule has 1 aliphatic rings. The van der Waals surface area contributed by atoms with Gasteiger partial charge in [0, 0.05) is 30.2 Å². The number of fused-ring (bicyclic) bond motifs is 3. The standard InChI is InChI=1S/C19H26N2O/c1-13(12-19(2,3)4)20-18-17-15(10-11-21(18)5)14-8-6-7-9-16(14)22-17/h6-11,13,18,20H,12H2,1-5H3/t13-,18?/m1/s1. The van der Waals surface area contributed by atoms with Gasteiger partial charge in [-0.1, -0.05) is 39.0 Å². The number of furan rings is 1. The van der Waals surface area contributed by atoms with Crippen LogP contribution in [0.25, 0.3) is 17.0 Å². The monoisotopic (exact) mass is 298 g/mol. The van der Waals surface area contributed by atoms with Crippen molar-refractivity contribution in [3.63, 3.8) is 0 Å². The number of para-hydroxylation sites is 1. The highest BCUT2D eigenvalue weighted by Crippen LogP contribution is 2.36. The first-order valence-corrected chi connectivity index (χ1v) is 8.03. The zero-order chi connectivity index (χ0) is 15.9. The summed E-state index contributed by atoms with van der Waals surface area (Å²) in [6, 6.07) is 8.67. The first-order valence-electron chi connectivity index (χ1n) is 8.03. The topological polar surface area (TPSA) is 28.4 Å². The normalized spacial score (nSPS) is 19.5. The lowest BCUT2D eigenvalue weighted by atomic mass is 9.88. The lowest BCUT2D eigenvalue weighted by Crippen LogP contribution is -2.40. The van der Waals surface area contributed by atoms with Gasteiger partial charge in [-0.3, -0.25) is 5.32 Å². The average Bonchev–Trinajstić information content (AvgIpc) is 2.79. The van der Waals surface area contributed by atoms with Crippen molar-refractivity contribution < 1.29 is 4.42 Å². The van der Waals surface area contributed by atoms with Gasteiger partial charge in [-0.25, -0.2) is 0 Å². The van der Waals surface area contributed by atoms with Gasteiger partial charge < -0.3 is 9.32 Å². The van der Waals surface area contributed by atoms with E-state index in [0.717, 1.165) is 17.8 Å². The maximum atomic E-state index is 6.15. The second kappa shape index (κ2) is 5.47. The summed E-state index contributed by atoms with van der Waals surface area (Å²) >= 11 is 0. The van der Waals surface area contributed by atoms with Crippen molar-refractivity contribution in [2.75, 3.05) is 7.05 Å². The molecule has 2 atom stereocenters. The molecule has 1 aliphatic heterocycles. The van der Waals surface area contributed by atoms with Crippen molar-refractivity contribution >= 4 is 17.0 Å². The number of hydrogen-bond acceptors (Lipinski definition) is 3. The second-order valence-electron chi connectivity index (χ2n) is 7.59. The third-order valence-corrected chi connectivity index (χ3v) is 4.16. The Hall–Kier alpha value is -1.74. The summed E-state index contributed by atoms with van der Waals surface area (Å²) in [4.78, 5) is 2.18. The molecule has 118 valence electrons. The molecule has 2 aromatic rings. The smallest absolute Gasteiger partial charge is 0.149 e. The third kappa shape index (κ3) is 2.91. The van der Waals surface area contributed by atoms with Gasteiger partial charge in [0.25, 0.3) is 0 Å². The minimum Gasteiger partial charge on any atom is -0.457 e. The van der Waals surface area contributed by atoms with Crippen LogP contribution in [0.1, 0.15) is 51.6 Å². The summed E-state index contributed by atoms with van der Waals surface area (Å²) in [5, 5.41) is 4.91. The van der Waals surface area contributed by atoms with E-state index in [1.165, 1.54) is 10.9 Å². The van der Waals surface area contributed by atoms with Crippen molar-refractivity contribution in [1.29, 1.82) is 0 Å². The SMILES string of the molecule is C[C@H](CC(C)(C)C)NC1c2oc3ccccc3c2C=CN1C. The number of benzene rings is 1. The Morgan fingerprint density at radius 3 is 2.73 bits per heavy atom. The molecule has 0 aliphatic carbocycles. The largest absolute Gasteiger partial charge is 0.457 e. The van der Waals surface area contributed by atoms with E-state index in [2.05, 4.69) is 69.4 Å². The molecule has 0 radical (unpaired) electrons. The molecule has 0 saturated heterocycles. The number of nitrogens with one attached hydrogen (secondary N) is 1. The zero-order valence-corrected chi connectivity index (χ0v) is 14.2. The Bertz CT molecular complexity index is 693. The fraction of sp³-hybridized carbons (Fsp3) is 0.474. The summed E-state index contributed by atoms with van der Waals surface area (Å²) in [7, 11) is 2.09. The van der Waals surface area contributed by atoms with Crippen molar-refractivity contribution in [3.05, 3.63) is 41.8 Å². The minimum absolute atomic E-state index is 0.0877. The summed E-state index contributed by atoms with van der Waals surface area (Å²) < 4.78 is 6.15. The van der Waals surface area contributed by atoms with E-state index < -0.39 is 0 Å². The van der Waals surface area contributed by atoms with Crippen LogP contribution in [-0.2, 0) is 0 Å². The van der Waals surface area contributed by atoms with Crippen LogP contribution < -0.4 is 5.32 Å². The fourth-order valence-corrected chi connectivity index (χ4v) is 3.36. The summed E-state index contributed by atoms with van der Waals surface area (Å²) in [6.45, 7) is 9.09. The second-order valence-corrected chi connectivity index (χ2v) is 7.59. The van der Waals surface area contributed by atoms with Gasteiger partial charge in [0.1, 0.15) is 17.5 Å². The lowest BCUT2D eigenvalue weighted by Gasteiger charge is -2.34. The van der Waals surface area contributed by atoms with Crippen LogP contribution in [0.3, 0.4) is 0 Å². The molecule has 0 bridgehead atoms.